The van der Waals surface area contributed by atoms with E-state index in [-0.39, 0.29) is 34.6 Å². The normalized spacial score (nSPS) is 10.9. The Morgan fingerprint density at radius 1 is 0.906 bits per heavy atom. The number of hydrogen-bond acceptors (Lipinski definition) is 5. The molecule has 0 radical (unpaired) electrons. The fraction of sp³-hybridized carbons (Fsp3) is 0.0435. The summed E-state index contributed by atoms with van der Waals surface area (Å²) in [5, 5.41) is 0. The van der Waals surface area contributed by atoms with Gasteiger partial charge in [0.15, 0.2) is 5.78 Å². The van der Waals surface area contributed by atoms with Gasteiger partial charge in [-0.3, -0.25) is 9.78 Å². The maximum absolute atomic E-state index is 14.2. The van der Waals surface area contributed by atoms with Crippen molar-refractivity contribution in [1.29, 1.82) is 0 Å². The van der Waals surface area contributed by atoms with E-state index in [2.05, 4.69) is 15.0 Å². The summed E-state index contributed by atoms with van der Waals surface area (Å²) < 4.78 is 55.5. The van der Waals surface area contributed by atoms with E-state index in [9.17, 15) is 22.4 Å². The Kier molecular flexibility index (Phi) is 5.63. The third-order valence-corrected chi connectivity index (χ3v) is 4.74. The summed E-state index contributed by atoms with van der Waals surface area (Å²) in [4.78, 5) is 24.1. The molecule has 32 heavy (non-hydrogen) atoms. The Bertz CT molecular complexity index is 1300. The summed E-state index contributed by atoms with van der Waals surface area (Å²) >= 11 is 0. The van der Waals surface area contributed by atoms with Crippen molar-refractivity contribution in [2.45, 2.75) is 6.42 Å². The minimum absolute atomic E-state index is 0.0157. The van der Waals surface area contributed by atoms with E-state index in [1.165, 1.54) is 36.7 Å². The Balaban J connectivity index is 1.72. The third-order valence-electron chi connectivity index (χ3n) is 4.74. The van der Waals surface area contributed by atoms with Crippen LogP contribution in [-0.2, 0) is 6.42 Å². The quantitative estimate of drug-likeness (QED) is 0.276. The van der Waals surface area contributed by atoms with Gasteiger partial charge in [-0.25, -0.2) is 13.8 Å². The van der Waals surface area contributed by atoms with Crippen molar-refractivity contribution in [3.8, 4) is 22.4 Å². The molecule has 0 spiro atoms. The molecule has 0 saturated carbocycles. The number of Topliss-reactive ketones (excluding diaryl/α,β-unsaturated/α-hetero) is 1. The molecule has 4 rings (SSSR count). The SMILES string of the molecule is Nc1ccc(-c2c(F)cccc2F)nc1C(=O)Cc1cnccc1-c1cc(F)nc(F)c1. The number of nitrogens with two attached hydrogens (primary N) is 1. The number of carbonyl (C=O) groups excluding carboxylic acids is 1. The number of hydrogen-bond donors (Lipinski definition) is 1. The number of nitrogen functional groups attached to an aromatic ring is 1. The van der Waals surface area contributed by atoms with Gasteiger partial charge in [-0.1, -0.05) is 6.07 Å². The molecule has 5 nitrogen and oxygen atoms in total. The molecule has 0 aliphatic rings. The number of rotatable bonds is 5. The number of halogens is 4. The molecule has 0 fully saturated rings. The first-order chi connectivity index (χ1) is 15.3. The number of nitrogens with zero attached hydrogens (tertiary/aromatic N) is 3. The number of ketones is 1. The second kappa shape index (κ2) is 8.54. The van der Waals surface area contributed by atoms with E-state index in [4.69, 9.17) is 5.73 Å². The van der Waals surface area contributed by atoms with E-state index in [0.717, 1.165) is 24.3 Å². The molecule has 0 aliphatic heterocycles. The van der Waals surface area contributed by atoms with Crippen molar-refractivity contribution in [3.05, 3.63) is 95.7 Å². The van der Waals surface area contributed by atoms with E-state index in [0.29, 0.717) is 11.1 Å². The molecule has 3 aromatic heterocycles. The van der Waals surface area contributed by atoms with Gasteiger partial charge in [0, 0.05) is 30.9 Å². The molecular formula is C23H14F4N4O. The summed E-state index contributed by atoms with van der Waals surface area (Å²) in [6.07, 6.45) is 2.52. The van der Waals surface area contributed by atoms with Crippen LogP contribution in [0.5, 0.6) is 0 Å². The van der Waals surface area contributed by atoms with Crippen LogP contribution in [0.15, 0.2) is 60.9 Å². The summed E-state index contributed by atoms with van der Waals surface area (Å²) in [6.45, 7) is 0. The molecule has 0 unspecified atom stereocenters. The Labute approximate surface area is 179 Å². The lowest BCUT2D eigenvalue weighted by Crippen LogP contribution is -2.11. The highest BCUT2D eigenvalue weighted by Crippen LogP contribution is 2.28. The molecule has 0 amide bonds. The third kappa shape index (κ3) is 4.18. The lowest BCUT2D eigenvalue weighted by molar-refractivity contribution is 0.0989. The highest BCUT2D eigenvalue weighted by atomic mass is 19.1. The minimum atomic E-state index is -1.01. The van der Waals surface area contributed by atoms with Gasteiger partial charge >= 0.3 is 0 Å². The number of carbonyl (C=O) groups is 1. The summed E-state index contributed by atoms with van der Waals surface area (Å²) in [7, 11) is 0. The molecule has 0 bridgehead atoms. The van der Waals surface area contributed by atoms with Crippen LogP contribution >= 0.6 is 0 Å². The molecule has 0 aliphatic carbocycles. The van der Waals surface area contributed by atoms with E-state index >= 15 is 0 Å². The maximum Gasteiger partial charge on any atom is 0.216 e. The topological polar surface area (TPSA) is 81.8 Å². The molecule has 3 heterocycles. The average molecular weight is 438 g/mol. The molecule has 4 aromatic rings. The summed E-state index contributed by atoms with van der Waals surface area (Å²) in [5.41, 5.74) is 6.13. The zero-order chi connectivity index (χ0) is 22.8. The Hall–Kier alpha value is -4.14. The van der Waals surface area contributed by atoms with Gasteiger partial charge in [0.05, 0.1) is 16.9 Å². The van der Waals surface area contributed by atoms with Crippen LogP contribution < -0.4 is 5.73 Å². The minimum Gasteiger partial charge on any atom is -0.397 e. The van der Waals surface area contributed by atoms with Crippen molar-refractivity contribution >= 4 is 11.5 Å². The zero-order valence-electron chi connectivity index (χ0n) is 16.3. The number of aromatic nitrogens is 3. The standard InChI is InChI=1S/C23H14F4N4O/c24-15-2-1-3-16(25)22(15)18-5-4-17(28)23(30-18)19(32)8-13-11-29-7-6-14(13)12-9-20(26)31-21(27)10-12/h1-7,9-11H,8,28H2. The molecule has 0 atom stereocenters. The van der Waals surface area contributed by atoms with E-state index in [1.807, 2.05) is 0 Å². The van der Waals surface area contributed by atoms with Gasteiger partial charge in [-0.15, -0.1) is 0 Å². The van der Waals surface area contributed by atoms with Crippen molar-refractivity contribution < 1.29 is 22.4 Å². The second-order valence-corrected chi connectivity index (χ2v) is 6.87. The van der Waals surface area contributed by atoms with Crippen molar-refractivity contribution in [1.82, 2.24) is 15.0 Å². The van der Waals surface area contributed by atoms with Crippen molar-refractivity contribution in [2.24, 2.45) is 0 Å². The largest absolute Gasteiger partial charge is 0.397 e. The zero-order valence-corrected chi connectivity index (χ0v) is 16.3. The van der Waals surface area contributed by atoms with Crippen LogP contribution in [0.2, 0.25) is 0 Å². The van der Waals surface area contributed by atoms with Crippen LogP contribution in [0, 0.1) is 23.5 Å². The predicted octanol–water partition coefficient (Wildman–Crippen LogP) is 4.77. The maximum atomic E-state index is 14.2. The van der Waals surface area contributed by atoms with Crippen LogP contribution in [-0.4, -0.2) is 20.7 Å². The van der Waals surface area contributed by atoms with Crippen LogP contribution in [0.25, 0.3) is 22.4 Å². The molecule has 9 heteroatoms. The lowest BCUT2D eigenvalue weighted by atomic mass is 9.97. The van der Waals surface area contributed by atoms with Crippen molar-refractivity contribution in [2.75, 3.05) is 5.73 Å². The predicted molar refractivity (Wildman–Crippen MR) is 109 cm³/mol. The lowest BCUT2D eigenvalue weighted by Gasteiger charge is -2.11. The molecular weight excluding hydrogens is 424 g/mol. The van der Waals surface area contributed by atoms with Gasteiger partial charge in [-0.05, 0) is 47.0 Å². The van der Waals surface area contributed by atoms with Gasteiger partial charge in [0.1, 0.15) is 17.3 Å². The smallest absolute Gasteiger partial charge is 0.216 e. The fourth-order valence-electron chi connectivity index (χ4n) is 3.30. The molecule has 160 valence electrons. The van der Waals surface area contributed by atoms with Crippen LogP contribution in [0.4, 0.5) is 23.2 Å². The van der Waals surface area contributed by atoms with E-state index in [1.54, 1.807) is 0 Å². The monoisotopic (exact) mass is 438 g/mol. The van der Waals surface area contributed by atoms with Gasteiger partial charge < -0.3 is 5.73 Å². The van der Waals surface area contributed by atoms with Crippen LogP contribution in [0.3, 0.4) is 0 Å². The first kappa shape index (κ1) is 21.1. The number of pyridine rings is 3. The first-order valence-corrected chi connectivity index (χ1v) is 9.34. The summed E-state index contributed by atoms with van der Waals surface area (Å²) in [6, 6.07) is 9.57. The van der Waals surface area contributed by atoms with Gasteiger partial charge in [0.2, 0.25) is 11.9 Å². The van der Waals surface area contributed by atoms with Crippen molar-refractivity contribution in [3.63, 3.8) is 0 Å². The van der Waals surface area contributed by atoms with Gasteiger partial charge in [-0.2, -0.15) is 13.8 Å². The fourth-order valence-corrected chi connectivity index (χ4v) is 3.30. The highest BCUT2D eigenvalue weighted by molar-refractivity contribution is 6.01. The number of anilines is 1. The molecule has 0 saturated heterocycles. The Morgan fingerprint density at radius 2 is 1.59 bits per heavy atom. The molecule has 2 N–H and O–H groups in total. The Morgan fingerprint density at radius 3 is 2.28 bits per heavy atom. The first-order valence-electron chi connectivity index (χ1n) is 9.34. The second-order valence-electron chi connectivity index (χ2n) is 6.87. The molecule has 1 aromatic carbocycles. The van der Waals surface area contributed by atoms with E-state index < -0.39 is 29.3 Å². The number of benzene rings is 1. The average Bonchev–Trinajstić information content (AvgIpc) is 2.74. The summed E-state index contributed by atoms with van der Waals surface area (Å²) in [5.74, 6) is -4.27. The van der Waals surface area contributed by atoms with Gasteiger partial charge in [0.25, 0.3) is 0 Å². The highest BCUT2D eigenvalue weighted by Gasteiger charge is 2.19. The van der Waals surface area contributed by atoms with Crippen LogP contribution in [0.1, 0.15) is 16.1 Å².